The molecule has 7 N–H and O–H groups in total. The minimum Gasteiger partial charge on any atom is -0.496 e. The number of benzene rings is 6. The first-order valence-electron chi connectivity index (χ1n) is 27.4. The Kier molecular flexibility index (Phi) is 21.5. The zero-order chi connectivity index (χ0) is 62.6. The average molecular weight is 1200 g/mol. The Morgan fingerprint density at radius 1 is 0.602 bits per heavy atom. The normalized spacial score (nSPS) is 11.9. The van der Waals surface area contributed by atoms with E-state index in [2.05, 4.69) is 35.9 Å². The van der Waals surface area contributed by atoms with Gasteiger partial charge in [-0.3, -0.25) is 43.1 Å². The summed E-state index contributed by atoms with van der Waals surface area (Å²) < 4.78 is 42.5. The smallest absolute Gasteiger partial charge is 0.328 e. The van der Waals surface area contributed by atoms with E-state index in [1.54, 1.807) is 36.7 Å². The standard InChI is InChI=1S/C33H32FN5O4.C28H24FN3O5.C5H8N2.CH4/c1-19-23(22-13-28(34)26(30(14-22)43-4)17-36-16-21-11-12-35-15-21)7-5-8-24(19)25-9-6-10-29(20(25)2)38-31(40)27-18-37-33(42)39(3)32(27)41;1-15-18(17-11-23(29)22(14-33)25(12-17)37-4)7-5-8-19(15)20-9-6-10-24(16(20)2)31-26(34)21-13-30-28(36)32(3)27(21)35;6-3-5-1-2-7-4-5;/h5-14,18,36H,15-17H2,1-4H3,(H,37,42)(H,38,40);5-14H,1-4H3,(H,30,36)(H,31,34);1-2H,3-4,6H2;1H4. The van der Waals surface area contributed by atoms with Gasteiger partial charge in [0.1, 0.15) is 34.3 Å². The third-order valence-corrected chi connectivity index (χ3v) is 15.0. The largest absolute Gasteiger partial charge is 0.496 e. The van der Waals surface area contributed by atoms with Crippen LogP contribution in [0.3, 0.4) is 0 Å². The van der Waals surface area contributed by atoms with Gasteiger partial charge in [-0.1, -0.05) is 68.1 Å². The number of carbonyl (C=O) groups is 3. The van der Waals surface area contributed by atoms with E-state index >= 15 is 4.39 Å². The molecule has 6 aromatic carbocycles. The van der Waals surface area contributed by atoms with Gasteiger partial charge in [-0.15, -0.1) is 0 Å². The van der Waals surface area contributed by atoms with Gasteiger partial charge in [-0.25, -0.2) is 18.4 Å². The fourth-order valence-electron chi connectivity index (χ4n) is 9.95. The van der Waals surface area contributed by atoms with Crippen LogP contribution in [-0.2, 0) is 20.6 Å². The summed E-state index contributed by atoms with van der Waals surface area (Å²) in [5, 5.41) is 8.82. The van der Waals surface area contributed by atoms with Gasteiger partial charge < -0.3 is 41.1 Å². The van der Waals surface area contributed by atoms with E-state index in [1.165, 1.54) is 46.0 Å². The molecule has 454 valence electrons. The number of hydrogen-bond donors (Lipinski definition) is 6. The quantitative estimate of drug-likeness (QED) is 0.0496. The molecule has 2 aliphatic heterocycles. The van der Waals surface area contributed by atoms with Crippen molar-refractivity contribution in [1.29, 1.82) is 0 Å². The van der Waals surface area contributed by atoms with Crippen LogP contribution in [0.25, 0.3) is 44.5 Å². The molecule has 0 saturated heterocycles. The molecule has 0 atom stereocenters. The van der Waals surface area contributed by atoms with Gasteiger partial charge in [0.15, 0.2) is 6.29 Å². The molecule has 4 heterocycles. The zero-order valence-corrected chi connectivity index (χ0v) is 49.1. The zero-order valence-electron chi connectivity index (χ0n) is 49.1. The van der Waals surface area contributed by atoms with Crippen molar-refractivity contribution in [3.05, 3.63) is 231 Å². The number of rotatable bonds is 16. The molecule has 0 bridgehead atoms. The number of halogens is 2. The van der Waals surface area contributed by atoms with Crippen LogP contribution in [0.4, 0.5) is 20.2 Å². The average Bonchev–Trinajstić information content (AvgIpc) is 1.60. The van der Waals surface area contributed by atoms with Crippen molar-refractivity contribution in [2.24, 2.45) is 29.8 Å². The van der Waals surface area contributed by atoms with Crippen molar-refractivity contribution < 1.29 is 32.6 Å². The van der Waals surface area contributed by atoms with Crippen LogP contribution in [0.2, 0.25) is 0 Å². The third-order valence-electron chi connectivity index (χ3n) is 15.0. The maximum absolute atomic E-state index is 15.5. The molecule has 2 amide bonds. The number of hydrogen-bond acceptors (Lipinski definition) is 13. The number of nitrogens with one attached hydrogen (secondary N) is 5. The first kappa shape index (κ1) is 65.0. The van der Waals surface area contributed by atoms with E-state index in [4.69, 9.17) is 15.2 Å². The van der Waals surface area contributed by atoms with E-state index in [0.717, 1.165) is 89.3 Å². The Bertz CT molecular complexity index is 4380. The van der Waals surface area contributed by atoms with Crippen LogP contribution in [0.5, 0.6) is 11.5 Å². The summed E-state index contributed by atoms with van der Waals surface area (Å²) >= 11 is 0. The predicted molar refractivity (Wildman–Crippen MR) is 343 cm³/mol. The van der Waals surface area contributed by atoms with Crippen molar-refractivity contribution in [2.45, 2.75) is 41.7 Å². The first-order valence-corrected chi connectivity index (χ1v) is 27.4. The fourth-order valence-corrected chi connectivity index (χ4v) is 9.95. The summed E-state index contributed by atoms with van der Waals surface area (Å²) in [7, 11) is 5.50. The summed E-state index contributed by atoms with van der Waals surface area (Å²) in [6.45, 7) is 10.6. The van der Waals surface area contributed by atoms with E-state index in [0.29, 0.717) is 66.3 Å². The number of anilines is 2. The number of nitrogens with zero attached hydrogens (tertiary/aromatic N) is 4. The number of aliphatic imine (C=N–C) groups is 2. The van der Waals surface area contributed by atoms with Gasteiger partial charge in [-0.2, -0.15) is 0 Å². The molecular formula is C67H68F2N10O9. The molecule has 10 rings (SSSR count). The number of aromatic nitrogens is 4. The number of allylic oxidation sites excluding steroid dienone is 2. The van der Waals surface area contributed by atoms with Crippen LogP contribution in [0.15, 0.2) is 162 Å². The van der Waals surface area contributed by atoms with Crippen LogP contribution in [-0.4, -0.2) is 90.0 Å². The summed E-state index contributed by atoms with van der Waals surface area (Å²) in [4.78, 5) is 98.0. The highest BCUT2D eigenvalue weighted by Crippen LogP contribution is 2.40. The molecule has 0 fully saturated rings. The van der Waals surface area contributed by atoms with Crippen molar-refractivity contribution in [2.75, 3.05) is 51.0 Å². The molecule has 88 heavy (non-hydrogen) atoms. The highest BCUT2D eigenvalue weighted by atomic mass is 19.1. The Labute approximate surface area is 506 Å². The number of aldehydes is 1. The number of methoxy groups -OCH3 is 2. The number of nitrogens with two attached hydrogens (primary N) is 1. The van der Waals surface area contributed by atoms with E-state index in [9.17, 15) is 38.0 Å². The molecule has 0 saturated carbocycles. The lowest BCUT2D eigenvalue weighted by molar-refractivity contribution is 0.101. The molecular weight excluding hydrogens is 1130 g/mol. The van der Waals surface area contributed by atoms with Gasteiger partial charge in [0, 0.05) is 75.5 Å². The predicted octanol–water partition coefficient (Wildman–Crippen LogP) is 9.35. The van der Waals surface area contributed by atoms with Gasteiger partial charge >= 0.3 is 11.4 Å². The lowest BCUT2D eigenvalue weighted by atomic mass is 9.90. The second kappa shape index (κ2) is 29.1. The van der Waals surface area contributed by atoms with E-state index < -0.39 is 40.1 Å². The summed E-state index contributed by atoms with van der Waals surface area (Å²) in [6.07, 6.45) is 10.1. The van der Waals surface area contributed by atoms with Crippen molar-refractivity contribution in [3.63, 3.8) is 0 Å². The Morgan fingerprint density at radius 2 is 1.02 bits per heavy atom. The minimum absolute atomic E-state index is 0. The molecule has 0 unspecified atom stereocenters. The highest BCUT2D eigenvalue weighted by Gasteiger charge is 2.22. The molecule has 2 aromatic heterocycles. The second-order valence-corrected chi connectivity index (χ2v) is 20.3. The Balaban J connectivity index is 0.000000225. The van der Waals surface area contributed by atoms with Gasteiger partial charge in [0.05, 0.1) is 32.9 Å². The molecule has 0 radical (unpaired) electrons. The van der Waals surface area contributed by atoms with Gasteiger partial charge in [0.2, 0.25) is 0 Å². The Hall–Kier alpha value is -10.5. The second-order valence-electron chi connectivity index (χ2n) is 20.3. The molecule has 0 aliphatic carbocycles. The Morgan fingerprint density at radius 3 is 1.44 bits per heavy atom. The van der Waals surface area contributed by atoms with Crippen molar-refractivity contribution in [1.82, 2.24) is 24.4 Å². The topological polar surface area (TPSA) is 266 Å². The van der Waals surface area contributed by atoms with Crippen LogP contribution < -0.4 is 53.7 Å². The summed E-state index contributed by atoms with van der Waals surface area (Å²) in [5.74, 6) is -1.73. The lowest BCUT2D eigenvalue weighted by Crippen LogP contribution is -2.37. The van der Waals surface area contributed by atoms with Gasteiger partial charge in [0.25, 0.3) is 22.9 Å². The highest BCUT2D eigenvalue weighted by molar-refractivity contribution is 6.05. The minimum atomic E-state index is -0.707. The number of amides is 2. The number of carbonyl (C=O) groups excluding carboxylic acids is 3. The van der Waals surface area contributed by atoms with Gasteiger partial charge in [-0.05, 0) is 154 Å². The molecule has 2 aliphatic rings. The maximum atomic E-state index is 15.5. The van der Waals surface area contributed by atoms with E-state index in [1.807, 2.05) is 101 Å². The maximum Gasteiger partial charge on any atom is 0.328 e. The third kappa shape index (κ3) is 14.2. The summed E-state index contributed by atoms with van der Waals surface area (Å²) in [6, 6.07) is 28.6. The van der Waals surface area contributed by atoms with Crippen molar-refractivity contribution >= 4 is 41.9 Å². The van der Waals surface area contributed by atoms with E-state index in [-0.39, 0.29) is 35.7 Å². The molecule has 19 nitrogen and oxygen atoms in total. The van der Waals surface area contributed by atoms with Crippen LogP contribution >= 0.6 is 0 Å². The number of H-pyrrole nitrogens is 2. The van der Waals surface area contributed by atoms with Crippen LogP contribution in [0, 0.1) is 39.3 Å². The fraction of sp³-hybridized carbons (Fsp3) is 0.209. The molecule has 21 heteroatoms. The first-order chi connectivity index (χ1) is 41.8. The summed E-state index contributed by atoms with van der Waals surface area (Å²) in [5.41, 5.74) is 15.5. The number of aromatic amines is 2. The lowest BCUT2D eigenvalue weighted by Gasteiger charge is -2.18. The molecule has 8 aromatic rings. The molecule has 0 spiro atoms. The monoisotopic (exact) mass is 1190 g/mol. The SMILES string of the molecule is C.COc1cc(-c2cccc(-c3cccc(NC(=O)c4c[nH]c(=O)n(C)c4=O)c3C)c2C)cc(F)c1C=O.COc1cc(-c2cccc(-c3cccc(NC(=O)c4c[nH]c(=O)n(C)c4=O)c3C)c2C)cc(F)c1CNCC1=CC=NC1.NCC1=CC=NC1. The van der Waals surface area contributed by atoms with Crippen LogP contribution in [0.1, 0.15) is 66.3 Å². The number of ether oxygens (including phenoxy) is 2. The van der Waals surface area contributed by atoms with Crippen molar-refractivity contribution in [3.8, 4) is 56.0 Å².